The van der Waals surface area contributed by atoms with E-state index in [4.69, 9.17) is 4.74 Å². The number of rotatable bonds is 6. The molecular weight excluding hydrogens is 316 g/mol. The van der Waals surface area contributed by atoms with Crippen molar-refractivity contribution in [2.24, 2.45) is 7.05 Å². The van der Waals surface area contributed by atoms with Gasteiger partial charge in [-0.1, -0.05) is 0 Å². The number of amides is 1. The number of nitrogens with zero attached hydrogens (tertiary/aromatic N) is 3. The Balaban J connectivity index is 1.45. The molecule has 0 unspecified atom stereocenters. The van der Waals surface area contributed by atoms with Crippen molar-refractivity contribution in [3.63, 3.8) is 0 Å². The zero-order valence-corrected chi connectivity index (χ0v) is 14.9. The molecule has 134 valence electrons. The van der Waals surface area contributed by atoms with E-state index in [0.29, 0.717) is 12.8 Å². The summed E-state index contributed by atoms with van der Waals surface area (Å²) in [6.45, 7) is 2.16. The van der Waals surface area contributed by atoms with Crippen LogP contribution in [0, 0.1) is 0 Å². The van der Waals surface area contributed by atoms with E-state index in [9.17, 15) is 4.79 Å². The van der Waals surface area contributed by atoms with Gasteiger partial charge in [0, 0.05) is 44.1 Å². The van der Waals surface area contributed by atoms with Gasteiger partial charge in [-0.05, 0) is 56.6 Å². The molecule has 0 aliphatic carbocycles. The number of carbonyl (C=O) groups is 1. The van der Waals surface area contributed by atoms with Gasteiger partial charge in [-0.15, -0.1) is 0 Å². The summed E-state index contributed by atoms with van der Waals surface area (Å²) < 4.78 is 7.82. The Morgan fingerprint density at radius 1 is 1.20 bits per heavy atom. The monoisotopic (exact) mass is 342 g/mol. The van der Waals surface area contributed by atoms with E-state index in [2.05, 4.69) is 22.4 Å². The number of benzene rings is 1. The number of ether oxygens (including phenoxy) is 1. The summed E-state index contributed by atoms with van der Waals surface area (Å²) in [5, 5.41) is 7.04. The number of aromatic nitrogens is 2. The Bertz CT molecular complexity index is 688. The van der Waals surface area contributed by atoms with Crippen molar-refractivity contribution >= 4 is 11.6 Å². The Morgan fingerprint density at radius 3 is 2.56 bits per heavy atom. The van der Waals surface area contributed by atoms with E-state index in [1.54, 1.807) is 10.9 Å². The molecule has 1 amide bonds. The van der Waals surface area contributed by atoms with E-state index >= 15 is 0 Å². The van der Waals surface area contributed by atoms with Gasteiger partial charge in [0.15, 0.2) is 0 Å². The third kappa shape index (κ3) is 5.06. The first-order valence-corrected chi connectivity index (χ1v) is 8.82. The van der Waals surface area contributed by atoms with E-state index in [-0.39, 0.29) is 12.0 Å². The van der Waals surface area contributed by atoms with Gasteiger partial charge < -0.3 is 15.0 Å². The molecule has 6 nitrogen and oxygen atoms in total. The lowest BCUT2D eigenvalue weighted by Gasteiger charge is -2.29. The van der Waals surface area contributed by atoms with Gasteiger partial charge in [-0.3, -0.25) is 9.48 Å². The van der Waals surface area contributed by atoms with Crippen LogP contribution >= 0.6 is 0 Å². The normalized spacial score (nSPS) is 15.9. The highest BCUT2D eigenvalue weighted by atomic mass is 16.5. The zero-order chi connectivity index (χ0) is 17.6. The second kappa shape index (κ2) is 8.16. The molecule has 1 saturated heterocycles. The standard InChI is InChI=1S/C19H26N4O2/c1-22-13-10-18(11-14-22)25-17-6-3-15(4-7-17)21-19(24)8-5-16-9-12-20-23(16)2/h3-4,6-7,9,12,18H,5,8,10-11,13-14H2,1-2H3,(H,21,24). The topological polar surface area (TPSA) is 59.4 Å². The first kappa shape index (κ1) is 17.5. The minimum Gasteiger partial charge on any atom is -0.490 e. The Labute approximate surface area is 148 Å². The summed E-state index contributed by atoms with van der Waals surface area (Å²) >= 11 is 0. The fourth-order valence-corrected chi connectivity index (χ4v) is 3.02. The molecule has 1 aromatic carbocycles. The van der Waals surface area contributed by atoms with Crippen LogP contribution in [0.5, 0.6) is 5.75 Å². The van der Waals surface area contributed by atoms with Crippen LogP contribution in [-0.4, -0.2) is 46.8 Å². The summed E-state index contributed by atoms with van der Waals surface area (Å²) in [7, 11) is 4.03. The first-order chi connectivity index (χ1) is 12.1. The number of nitrogens with one attached hydrogen (secondary N) is 1. The van der Waals surface area contributed by atoms with Gasteiger partial charge in [0.05, 0.1) is 0 Å². The summed E-state index contributed by atoms with van der Waals surface area (Å²) in [4.78, 5) is 14.4. The molecule has 1 N–H and O–H groups in total. The zero-order valence-electron chi connectivity index (χ0n) is 14.9. The first-order valence-electron chi connectivity index (χ1n) is 8.82. The number of anilines is 1. The van der Waals surface area contributed by atoms with Crippen LogP contribution < -0.4 is 10.1 Å². The van der Waals surface area contributed by atoms with Crippen molar-refractivity contribution < 1.29 is 9.53 Å². The van der Waals surface area contributed by atoms with Gasteiger partial charge in [-0.25, -0.2) is 0 Å². The van der Waals surface area contributed by atoms with E-state index in [0.717, 1.165) is 43.1 Å². The van der Waals surface area contributed by atoms with Crippen LogP contribution in [-0.2, 0) is 18.3 Å². The molecule has 2 aromatic rings. The molecule has 1 aliphatic rings. The van der Waals surface area contributed by atoms with Gasteiger partial charge in [0.2, 0.25) is 5.91 Å². The van der Waals surface area contributed by atoms with Gasteiger partial charge in [0.25, 0.3) is 0 Å². The second-order valence-corrected chi connectivity index (χ2v) is 6.64. The summed E-state index contributed by atoms with van der Waals surface area (Å²) in [6.07, 6.45) is 5.27. The lowest BCUT2D eigenvalue weighted by Crippen LogP contribution is -2.35. The predicted octanol–water partition coefficient (Wildman–Crippen LogP) is 2.46. The molecule has 1 fully saturated rings. The van der Waals surface area contributed by atoms with Gasteiger partial charge in [0.1, 0.15) is 11.9 Å². The van der Waals surface area contributed by atoms with Crippen LogP contribution in [0.3, 0.4) is 0 Å². The maximum absolute atomic E-state index is 12.1. The van der Waals surface area contributed by atoms with E-state index in [1.807, 2.05) is 37.4 Å². The highest BCUT2D eigenvalue weighted by Crippen LogP contribution is 2.21. The van der Waals surface area contributed by atoms with Crippen LogP contribution in [0.4, 0.5) is 5.69 Å². The van der Waals surface area contributed by atoms with Crippen molar-refractivity contribution in [1.29, 1.82) is 0 Å². The molecule has 0 saturated carbocycles. The molecule has 0 bridgehead atoms. The molecular formula is C19H26N4O2. The number of piperidine rings is 1. The molecule has 1 aromatic heterocycles. The van der Waals surface area contributed by atoms with Crippen LogP contribution in [0.1, 0.15) is 25.0 Å². The minimum absolute atomic E-state index is 0.00480. The minimum atomic E-state index is 0.00480. The highest BCUT2D eigenvalue weighted by Gasteiger charge is 2.17. The quantitative estimate of drug-likeness (QED) is 0.876. The summed E-state index contributed by atoms with van der Waals surface area (Å²) in [5.41, 5.74) is 1.85. The van der Waals surface area contributed by atoms with Crippen LogP contribution in [0.15, 0.2) is 36.5 Å². The van der Waals surface area contributed by atoms with Crippen molar-refractivity contribution in [3.8, 4) is 5.75 Å². The average molecular weight is 342 g/mol. The number of likely N-dealkylation sites (tertiary alicyclic amines) is 1. The third-order valence-electron chi connectivity index (χ3n) is 4.64. The largest absolute Gasteiger partial charge is 0.490 e. The number of carbonyl (C=O) groups excluding carboxylic acids is 1. The third-order valence-corrected chi connectivity index (χ3v) is 4.64. The number of hydrogen-bond donors (Lipinski definition) is 1. The molecule has 3 rings (SSSR count). The van der Waals surface area contributed by atoms with Crippen molar-refractivity contribution in [1.82, 2.24) is 14.7 Å². The van der Waals surface area contributed by atoms with Gasteiger partial charge in [-0.2, -0.15) is 5.10 Å². The highest BCUT2D eigenvalue weighted by molar-refractivity contribution is 5.90. The Hall–Kier alpha value is -2.34. The maximum atomic E-state index is 12.1. The van der Waals surface area contributed by atoms with Crippen LogP contribution in [0.2, 0.25) is 0 Å². The van der Waals surface area contributed by atoms with Crippen molar-refractivity contribution in [2.45, 2.75) is 31.8 Å². The predicted molar refractivity (Wildman–Crippen MR) is 97.7 cm³/mol. The maximum Gasteiger partial charge on any atom is 0.224 e. The average Bonchev–Trinajstić information content (AvgIpc) is 3.02. The van der Waals surface area contributed by atoms with Crippen LogP contribution in [0.25, 0.3) is 0 Å². The smallest absolute Gasteiger partial charge is 0.224 e. The van der Waals surface area contributed by atoms with E-state index in [1.165, 1.54) is 0 Å². The molecule has 6 heteroatoms. The second-order valence-electron chi connectivity index (χ2n) is 6.64. The fourth-order valence-electron chi connectivity index (χ4n) is 3.02. The van der Waals surface area contributed by atoms with Gasteiger partial charge >= 0.3 is 0 Å². The summed E-state index contributed by atoms with van der Waals surface area (Å²) in [5.74, 6) is 0.868. The van der Waals surface area contributed by atoms with Crippen molar-refractivity contribution in [3.05, 3.63) is 42.2 Å². The lowest BCUT2D eigenvalue weighted by atomic mass is 10.1. The fraction of sp³-hybridized carbons (Fsp3) is 0.474. The SMILES string of the molecule is CN1CCC(Oc2ccc(NC(=O)CCc3ccnn3C)cc2)CC1. The Kier molecular flexibility index (Phi) is 5.71. The lowest BCUT2D eigenvalue weighted by molar-refractivity contribution is -0.116. The number of hydrogen-bond acceptors (Lipinski definition) is 4. The molecule has 1 aliphatic heterocycles. The molecule has 2 heterocycles. The van der Waals surface area contributed by atoms with E-state index < -0.39 is 0 Å². The van der Waals surface area contributed by atoms with Crippen molar-refractivity contribution in [2.75, 3.05) is 25.5 Å². The molecule has 0 atom stereocenters. The summed E-state index contributed by atoms with van der Waals surface area (Å²) in [6, 6.07) is 9.57. The molecule has 0 spiro atoms. The number of aryl methyl sites for hydroxylation is 2. The Morgan fingerprint density at radius 2 is 1.92 bits per heavy atom. The molecule has 0 radical (unpaired) electrons. The molecule has 25 heavy (non-hydrogen) atoms.